The molecule has 0 aliphatic carbocycles. The lowest BCUT2D eigenvalue weighted by Crippen LogP contribution is -2.46. The fourth-order valence-corrected chi connectivity index (χ4v) is 2.97. The van der Waals surface area contributed by atoms with Crippen molar-refractivity contribution in [2.75, 3.05) is 25.0 Å². The van der Waals surface area contributed by atoms with E-state index in [1.165, 1.54) is 18.4 Å². The van der Waals surface area contributed by atoms with Crippen LogP contribution >= 0.6 is 0 Å². The van der Waals surface area contributed by atoms with Gasteiger partial charge >= 0.3 is 0 Å². The van der Waals surface area contributed by atoms with Crippen LogP contribution in [0.15, 0.2) is 48.9 Å². The summed E-state index contributed by atoms with van der Waals surface area (Å²) in [7, 11) is 2.22. The molecule has 1 aliphatic rings. The maximum absolute atomic E-state index is 4.48. The summed E-state index contributed by atoms with van der Waals surface area (Å²) in [4.78, 5) is 13.4. The van der Waals surface area contributed by atoms with Crippen LogP contribution in [-0.2, 0) is 6.54 Å². The van der Waals surface area contributed by atoms with E-state index in [4.69, 9.17) is 0 Å². The molecule has 4 heteroatoms. The summed E-state index contributed by atoms with van der Waals surface area (Å²) >= 11 is 0. The molecule has 0 bridgehead atoms. The van der Waals surface area contributed by atoms with E-state index < -0.39 is 0 Å². The zero-order chi connectivity index (χ0) is 14.5. The minimum atomic E-state index is 0.578. The molecular formula is C17H22N4. The SMILES string of the molecule is CN(Cc1ccncc1)C1CCCN(c2ccccn2)C1. The minimum Gasteiger partial charge on any atom is -0.355 e. The highest BCUT2D eigenvalue weighted by molar-refractivity contribution is 5.38. The lowest BCUT2D eigenvalue weighted by molar-refractivity contribution is 0.207. The zero-order valence-corrected chi connectivity index (χ0v) is 12.5. The van der Waals surface area contributed by atoms with E-state index in [0.29, 0.717) is 6.04 Å². The van der Waals surface area contributed by atoms with Crippen molar-refractivity contribution in [3.05, 3.63) is 54.5 Å². The molecule has 1 unspecified atom stereocenters. The average Bonchev–Trinajstić information content (AvgIpc) is 2.57. The molecule has 0 aromatic carbocycles. The Morgan fingerprint density at radius 1 is 1.19 bits per heavy atom. The standard InChI is InChI=1S/C17H22N4/c1-20(13-15-7-10-18-11-8-15)16-5-4-12-21(14-16)17-6-2-3-9-19-17/h2-3,6-11,16H,4-5,12-14H2,1H3. The summed E-state index contributed by atoms with van der Waals surface area (Å²) in [6.45, 7) is 3.14. The molecule has 2 aromatic heterocycles. The van der Waals surface area contributed by atoms with E-state index in [0.717, 1.165) is 25.5 Å². The van der Waals surface area contributed by atoms with Gasteiger partial charge in [-0.2, -0.15) is 0 Å². The van der Waals surface area contributed by atoms with Crippen LogP contribution in [0.4, 0.5) is 5.82 Å². The van der Waals surface area contributed by atoms with Gasteiger partial charge in [0.2, 0.25) is 0 Å². The van der Waals surface area contributed by atoms with Crippen molar-refractivity contribution in [2.45, 2.75) is 25.4 Å². The van der Waals surface area contributed by atoms with Crippen molar-refractivity contribution in [3.63, 3.8) is 0 Å². The second-order valence-electron chi connectivity index (χ2n) is 5.70. The van der Waals surface area contributed by atoms with Crippen LogP contribution in [-0.4, -0.2) is 41.0 Å². The Bertz CT molecular complexity index is 543. The van der Waals surface area contributed by atoms with Crippen LogP contribution in [0.3, 0.4) is 0 Å². The van der Waals surface area contributed by atoms with Crippen molar-refractivity contribution >= 4 is 5.82 Å². The quantitative estimate of drug-likeness (QED) is 0.863. The molecule has 3 rings (SSSR count). The van der Waals surface area contributed by atoms with Crippen LogP contribution in [0.5, 0.6) is 0 Å². The van der Waals surface area contributed by atoms with Gasteiger partial charge in [0, 0.05) is 44.3 Å². The average molecular weight is 282 g/mol. The topological polar surface area (TPSA) is 32.3 Å². The summed E-state index contributed by atoms with van der Waals surface area (Å²) in [5, 5.41) is 0. The van der Waals surface area contributed by atoms with Crippen LogP contribution < -0.4 is 4.90 Å². The van der Waals surface area contributed by atoms with E-state index in [-0.39, 0.29) is 0 Å². The van der Waals surface area contributed by atoms with Gasteiger partial charge in [-0.05, 0) is 49.7 Å². The van der Waals surface area contributed by atoms with Gasteiger partial charge in [-0.1, -0.05) is 6.07 Å². The first-order chi connectivity index (χ1) is 10.3. The Balaban J connectivity index is 1.63. The van der Waals surface area contributed by atoms with Gasteiger partial charge in [-0.15, -0.1) is 0 Å². The number of rotatable bonds is 4. The molecule has 1 saturated heterocycles. The van der Waals surface area contributed by atoms with Gasteiger partial charge in [-0.3, -0.25) is 9.88 Å². The third kappa shape index (κ3) is 3.58. The van der Waals surface area contributed by atoms with Gasteiger partial charge in [0.05, 0.1) is 0 Å². The normalized spacial score (nSPS) is 19.0. The van der Waals surface area contributed by atoms with Crippen molar-refractivity contribution in [1.29, 1.82) is 0 Å². The number of anilines is 1. The Morgan fingerprint density at radius 3 is 2.81 bits per heavy atom. The van der Waals surface area contributed by atoms with E-state index in [9.17, 15) is 0 Å². The first-order valence-electron chi connectivity index (χ1n) is 7.58. The zero-order valence-electron chi connectivity index (χ0n) is 12.5. The Labute approximate surface area is 126 Å². The van der Waals surface area contributed by atoms with Crippen molar-refractivity contribution in [3.8, 4) is 0 Å². The van der Waals surface area contributed by atoms with Gasteiger partial charge in [0.1, 0.15) is 5.82 Å². The summed E-state index contributed by atoms with van der Waals surface area (Å²) in [5.74, 6) is 1.10. The molecule has 0 saturated carbocycles. The number of aromatic nitrogens is 2. The smallest absolute Gasteiger partial charge is 0.128 e. The Morgan fingerprint density at radius 2 is 2.05 bits per heavy atom. The van der Waals surface area contributed by atoms with E-state index in [1.807, 2.05) is 24.7 Å². The molecular weight excluding hydrogens is 260 g/mol. The summed E-state index contributed by atoms with van der Waals surface area (Å²) in [6.07, 6.45) is 8.08. The largest absolute Gasteiger partial charge is 0.355 e. The molecule has 0 N–H and O–H groups in total. The van der Waals surface area contributed by atoms with Crippen molar-refractivity contribution in [2.24, 2.45) is 0 Å². The Kier molecular flexibility index (Phi) is 4.46. The number of nitrogens with zero attached hydrogens (tertiary/aromatic N) is 4. The van der Waals surface area contributed by atoms with Gasteiger partial charge < -0.3 is 4.90 Å². The summed E-state index contributed by atoms with van der Waals surface area (Å²) in [5.41, 5.74) is 1.32. The second-order valence-corrected chi connectivity index (χ2v) is 5.70. The molecule has 1 fully saturated rings. The highest BCUT2D eigenvalue weighted by Gasteiger charge is 2.23. The van der Waals surface area contributed by atoms with E-state index in [1.54, 1.807) is 0 Å². The molecule has 4 nitrogen and oxygen atoms in total. The van der Waals surface area contributed by atoms with Gasteiger partial charge in [-0.25, -0.2) is 4.98 Å². The minimum absolute atomic E-state index is 0.578. The molecule has 0 amide bonds. The maximum atomic E-state index is 4.48. The van der Waals surface area contributed by atoms with E-state index in [2.05, 4.69) is 51.1 Å². The third-order valence-corrected chi connectivity index (χ3v) is 4.17. The maximum Gasteiger partial charge on any atom is 0.128 e. The first-order valence-corrected chi connectivity index (χ1v) is 7.58. The van der Waals surface area contributed by atoms with Crippen LogP contribution in [0.2, 0.25) is 0 Å². The predicted molar refractivity (Wildman–Crippen MR) is 85.2 cm³/mol. The number of piperidine rings is 1. The number of hydrogen-bond donors (Lipinski definition) is 0. The van der Waals surface area contributed by atoms with E-state index >= 15 is 0 Å². The molecule has 0 radical (unpaired) electrons. The number of hydrogen-bond acceptors (Lipinski definition) is 4. The van der Waals surface area contributed by atoms with Gasteiger partial charge in [0.15, 0.2) is 0 Å². The monoisotopic (exact) mass is 282 g/mol. The molecule has 21 heavy (non-hydrogen) atoms. The highest BCUT2D eigenvalue weighted by Crippen LogP contribution is 2.21. The second kappa shape index (κ2) is 6.68. The molecule has 110 valence electrons. The predicted octanol–water partition coefficient (Wildman–Crippen LogP) is 2.58. The summed E-state index contributed by atoms with van der Waals surface area (Å²) in [6, 6.07) is 10.9. The van der Waals surface area contributed by atoms with Crippen LogP contribution in [0.25, 0.3) is 0 Å². The highest BCUT2D eigenvalue weighted by atomic mass is 15.2. The van der Waals surface area contributed by atoms with Crippen molar-refractivity contribution in [1.82, 2.24) is 14.9 Å². The first kappa shape index (κ1) is 14.0. The lowest BCUT2D eigenvalue weighted by atomic mass is 10.0. The molecule has 0 spiro atoms. The fraction of sp³-hybridized carbons (Fsp3) is 0.412. The van der Waals surface area contributed by atoms with Gasteiger partial charge in [0.25, 0.3) is 0 Å². The molecule has 3 heterocycles. The van der Waals surface area contributed by atoms with Crippen LogP contribution in [0, 0.1) is 0 Å². The van der Waals surface area contributed by atoms with Crippen LogP contribution in [0.1, 0.15) is 18.4 Å². The third-order valence-electron chi connectivity index (χ3n) is 4.17. The summed E-state index contributed by atoms with van der Waals surface area (Å²) < 4.78 is 0. The van der Waals surface area contributed by atoms with Crippen molar-refractivity contribution < 1.29 is 0 Å². The Hall–Kier alpha value is -1.94. The number of pyridine rings is 2. The number of likely N-dealkylation sites (N-methyl/N-ethyl adjacent to an activating group) is 1. The molecule has 1 atom stereocenters. The fourth-order valence-electron chi connectivity index (χ4n) is 2.97. The lowest BCUT2D eigenvalue weighted by Gasteiger charge is -2.38. The molecule has 1 aliphatic heterocycles. The molecule has 2 aromatic rings.